The zero-order valence-corrected chi connectivity index (χ0v) is 15.8. The summed E-state index contributed by atoms with van der Waals surface area (Å²) in [5, 5.41) is 13.9. The van der Waals surface area contributed by atoms with Gasteiger partial charge in [0, 0.05) is 6.08 Å². The number of rotatable bonds is 3. The van der Waals surface area contributed by atoms with Crippen LogP contribution in [0.2, 0.25) is 0 Å². The maximum atomic E-state index is 12.9. The zero-order chi connectivity index (χ0) is 20.8. The number of phenols is 1. The van der Waals surface area contributed by atoms with Crippen LogP contribution in [0.15, 0.2) is 66.7 Å². The summed E-state index contributed by atoms with van der Waals surface area (Å²) in [6.45, 7) is 0. The van der Waals surface area contributed by atoms with Crippen LogP contribution in [-0.4, -0.2) is 22.0 Å². The van der Waals surface area contributed by atoms with Crippen molar-refractivity contribution in [3.8, 4) is 5.75 Å². The highest BCUT2D eigenvalue weighted by molar-refractivity contribution is 7.80. The molecule has 0 atom stereocenters. The summed E-state index contributed by atoms with van der Waals surface area (Å²) in [6, 6.07) is 15.9. The minimum absolute atomic E-state index is 0.0570. The van der Waals surface area contributed by atoms with Gasteiger partial charge in [0.1, 0.15) is 11.6 Å². The number of hydrazine groups is 1. The first-order valence-corrected chi connectivity index (χ1v) is 8.90. The highest BCUT2D eigenvalue weighted by atomic mass is 32.1. The fraction of sp³-hybridized carbons (Fsp3) is 0. The molecular formula is C21H16FN3O3S. The summed E-state index contributed by atoms with van der Waals surface area (Å²) < 4.78 is 12.9. The van der Waals surface area contributed by atoms with Crippen LogP contribution < -0.4 is 16.2 Å². The molecule has 29 heavy (non-hydrogen) atoms. The number of fused-ring (bicyclic) bond motifs is 1. The van der Waals surface area contributed by atoms with E-state index in [9.17, 15) is 19.1 Å². The second kappa shape index (κ2) is 8.94. The SMILES string of the molecule is O=C(/C=C/c1ccc(F)cc1)NC(=S)NNC(=O)c1cc2ccccc2cc1O. The normalized spacial score (nSPS) is 10.7. The molecule has 6 nitrogen and oxygen atoms in total. The van der Waals surface area contributed by atoms with Gasteiger partial charge >= 0.3 is 0 Å². The predicted molar refractivity (Wildman–Crippen MR) is 112 cm³/mol. The molecule has 0 aliphatic rings. The average Bonchev–Trinajstić information content (AvgIpc) is 2.71. The van der Waals surface area contributed by atoms with Crippen LogP contribution in [0, 0.1) is 5.82 Å². The standard InChI is InChI=1S/C21H16FN3O3S/c22-16-8-5-13(6-9-16)7-10-19(27)23-21(29)25-24-20(28)17-11-14-3-1-2-4-15(14)12-18(17)26/h1-12,26H,(H,24,28)(H2,23,25,27,29)/b10-7+. The summed E-state index contributed by atoms with van der Waals surface area (Å²) in [4.78, 5) is 24.1. The molecule has 8 heteroatoms. The van der Waals surface area contributed by atoms with E-state index >= 15 is 0 Å². The minimum atomic E-state index is -0.619. The molecule has 4 N–H and O–H groups in total. The average molecular weight is 409 g/mol. The summed E-state index contributed by atoms with van der Waals surface area (Å²) in [5.74, 6) is -1.70. The third-order valence-corrected chi connectivity index (χ3v) is 4.14. The number of hydrogen-bond donors (Lipinski definition) is 4. The Morgan fingerprint density at radius 1 is 0.966 bits per heavy atom. The third kappa shape index (κ3) is 5.36. The molecule has 0 unspecified atom stereocenters. The number of carbonyl (C=O) groups excluding carboxylic acids is 2. The lowest BCUT2D eigenvalue weighted by Crippen LogP contribution is -2.48. The van der Waals surface area contributed by atoms with Crippen LogP contribution in [0.3, 0.4) is 0 Å². The smallest absolute Gasteiger partial charge is 0.273 e. The highest BCUT2D eigenvalue weighted by Crippen LogP contribution is 2.24. The Hall–Kier alpha value is -3.78. The second-order valence-corrected chi connectivity index (χ2v) is 6.41. The molecule has 146 valence electrons. The van der Waals surface area contributed by atoms with E-state index in [0.29, 0.717) is 5.56 Å². The minimum Gasteiger partial charge on any atom is -0.507 e. The fourth-order valence-electron chi connectivity index (χ4n) is 2.52. The molecule has 3 aromatic rings. The number of halogens is 1. The van der Waals surface area contributed by atoms with E-state index in [2.05, 4.69) is 16.2 Å². The van der Waals surface area contributed by atoms with Crippen molar-refractivity contribution in [2.75, 3.05) is 0 Å². The monoisotopic (exact) mass is 409 g/mol. The van der Waals surface area contributed by atoms with E-state index in [1.807, 2.05) is 24.3 Å². The Labute approximate surface area is 171 Å². The van der Waals surface area contributed by atoms with Gasteiger partial charge in [-0.15, -0.1) is 0 Å². The number of phenolic OH excluding ortho intramolecular Hbond substituents is 1. The fourth-order valence-corrected chi connectivity index (χ4v) is 2.67. The topological polar surface area (TPSA) is 90.5 Å². The van der Waals surface area contributed by atoms with Crippen LogP contribution in [0.25, 0.3) is 16.8 Å². The lowest BCUT2D eigenvalue weighted by Gasteiger charge is -2.11. The highest BCUT2D eigenvalue weighted by Gasteiger charge is 2.13. The first-order chi connectivity index (χ1) is 13.9. The van der Waals surface area contributed by atoms with E-state index in [1.54, 1.807) is 6.07 Å². The Bertz CT molecular complexity index is 1110. The van der Waals surface area contributed by atoms with Gasteiger partial charge in [-0.1, -0.05) is 36.4 Å². The molecule has 0 radical (unpaired) electrons. The molecule has 0 heterocycles. The number of nitrogens with one attached hydrogen (secondary N) is 3. The second-order valence-electron chi connectivity index (χ2n) is 6.00. The largest absolute Gasteiger partial charge is 0.507 e. The van der Waals surface area contributed by atoms with Gasteiger partial charge in [0.2, 0.25) is 5.91 Å². The van der Waals surface area contributed by atoms with Crippen LogP contribution in [0.4, 0.5) is 4.39 Å². The number of benzene rings is 3. The van der Waals surface area contributed by atoms with Crippen molar-refractivity contribution < 1.29 is 19.1 Å². The Balaban J connectivity index is 1.54. The van der Waals surface area contributed by atoms with Gasteiger partial charge in [-0.2, -0.15) is 0 Å². The van der Waals surface area contributed by atoms with Gasteiger partial charge in [-0.3, -0.25) is 25.8 Å². The van der Waals surface area contributed by atoms with Crippen LogP contribution in [0.5, 0.6) is 5.75 Å². The molecule has 0 saturated carbocycles. The molecule has 0 spiro atoms. The van der Waals surface area contributed by atoms with Crippen molar-refractivity contribution in [3.05, 3.63) is 83.7 Å². The first kappa shape index (κ1) is 20.0. The lowest BCUT2D eigenvalue weighted by molar-refractivity contribution is -0.115. The molecule has 0 saturated heterocycles. The van der Waals surface area contributed by atoms with Crippen molar-refractivity contribution in [2.24, 2.45) is 0 Å². The van der Waals surface area contributed by atoms with Crippen molar-refractivity contribution >= 4 is 46.0 Å². The quantitative estimate of drug-likeness (QED) is 0.303. The van der Waals surface area contributed by atoms with E-state index in [4.69, 9.17) is 12.2 Å². The van der Waals surface area contributed by atoms with Crippen LogP contribution in [0.1, 0.15) is 15.9 Å². The molecule has 3 aromatic carbocycles. The number of amides is 2. The van der Waals surface area contributed by atoms with Gasteiger partial charge in [0.25, 0.3) is 5.91 Å². The van der Waals surface area contributed by atoms with Crippen molar-refractivity contribution in [2.45, 2.75) is 0 Å². The van der Waals surface area contributed by atoms with Gasteiger partial charge < -0.3 is 5.11 Å². The Kier molecular flexibility index (Phi) is 6.16. The molecule has 0 aliphatic heterocycles. The van der Waals surface area contributed by atoms with E-state index in [0.717, 1.165) is 10.8 Å². The number of hydrogen-bond acceptors (Lipinski definition) is 4. The molecule has 3 rings (SSSR count). The molecular weight excluding hydrogens is 393 g/mol. The van der Waals surface area contributed by atoms with Gasteiger partial charge in [-0.25, -0.2) is 4.39 Å². The Morgan fingerprint density at radius 2 is 1.62 bits per heavy atom. The van der Waals surface area contributed by atoms with Crippen molar-refractivity contribution in [3.63, 3.8) is 0 Å². The van der Waals surface area contributed by atoms with Crippen molar-refractivity contribution in [1.29, 1.82) is 0 Å². The Morgan fingerprint density at radius 3 is 2.31 bits per heavy atom. The van der Waals surface area contributed by atoms with Crippen LogP contribution >= 0.6 is 12.2 Å². The number of thiocarbonyl (C=S) groups is 1. The number of aromatic hydroxyl groups is 1. The van der Waals surface area contributed by atoms with Crippen molar-refractivity contribution in [1.82, 2.24) is 16.2 Å². The molecule has 0 aromatic heterocycles. The molecule has 0 bridgehead atoms. The van der Waals surface area contributed by atoms with Crippen LogP contribution in [-0.2, 0) is 4.79 Å². The summed E-state index contributed by atoms with van der Waals surface area (Å²) in [6.07, 6.45) is 2.71. The molecule has 2 amide bonds. The maximum Gasteiger partial charge on any atom is 0.273 e. The molecule has 0 fully saturated rings. The van der Waals surface area contributed by atoms with E-state index < -0.39 is 11.8 Å². The zero-order valence-electron chi connectivity index (χ0n) is 15.0. The number of carbonyl (C=O) groups is 2. The van der Waals surface area contributed by atoms with Gasteiger partial charge in [0.15, 0.2) is 5.11 Å². The maximum absolute atomic E-state index is 12.9. The van der Waals surface area contributed by atoms with Gasteiger partial charge in [-0.05, 0) is 58.9 Å². The van der Waals surface area contributed by atoms with E-state index in [-0.39, 0.29) is 22.2 Å². The summed E-state index contributed by atoms with van der Waals surface area (Å²) >= 11 is 4.95. The lowest BCUT2D eigenvalue weighted by atomic mass is 10.1. The summed E-state index contributed by atoms with van der Waals surface area (Å²) in [5.41, 5.74) is 5.41. The third-order valence-electron chi connectivity index (χ3n) is 3.93. The van der Waals surface area contributed by atoms with Gasteiger partial charge in [0.05, 0.1) is 5.56 Å². The molecule has 0 aliphatic carbocycles. The predicted octanol–water partition coefficient (Wildman–Crippen LogP) is 3.03. The first-order valence-electron chi connectivity index (χ1n) is 8.49. The summed E-state index contributed by atoms with van der Waals surface area (Å²) in [7, 11) is 0. The van der Waals surface area contributed by atoms with E-state index in [1.165, 1.54) is 42.5 Å².